The van der Waals surface area contributed by atoms with Crippen LogP contribution in [-0.2, 0) is 0 Å². The zero-order valence-corrected chi connectivity index (χ0v) is 10.7. The summed E-state index contributed by atoms with van der Waals surface area (Å²) >= 11 is 1.57. The molecule has 0 saturated heterocycles. The van der Waals surface area contributed by atoms with E-state index in [1.165, 1.54) is 0 Å². The fraction of sp³-hybridized carbons (Fsp3) is 0.0714. The van der Waals surface area contributed by atoms with Crippen molar-refractivity contribution in [3.63, 3.8) is 0 Å². The SMILES string of the molecule is Cc1ccc(-c2csc(-c3ccccc3N)n2)o1. The number of thiazole rings is 1. The summed E-state index contributed by atoms with van der Waals surface area (Å²) < 4.78 is 5.56. The van der Waals surface area contributed by atoms with Crippen molar-refractivity contribution in [3.8, 4) is 22.0 Å². The second kappa shape index (κ2) is 4.31. The molecule has 18 heavy (non-hydrogen) atoms. The highest BCUT2D eigenvalue weighted by Gasteiger charge is 2.10. The van der Waals surface area contributed by atoms with E-state index in [-0.39, 0.29) is 0 Å². The highest BCUT2D eigenvalue weighted by Crippen LogP contribution is 2.32. The molecule has 1 aromatic carbocycles. The van der Waals surface area contributed by atoms with E-state index in [1.807, 2.05) is 48.7 Å². The molecule has 2 N–H and O–H groups in total. The number of nitrogens with two attached hydrogens (primary N) is 1. The summed E-state index contributed by atoms with van der Waals surface area (Å²) in [7, 11) is 0. The van der Waals surface area contributed by atoms with Crippen LogP contribution in [0.15, 0.2) is 46.2 Å². The molecule has 0 amide bonds. The van der Waals surface area contributed by atoms with E-state index in [4.69, 9.17) is 10.2 Å². The van der Waals surface area contributed by atoms with Crippen LogP contribution in [0.2, 0.25) is 0 Å². The van der Waals surface area contributed by atoms with Gasteiger partial charge in [0.2, 0.25) is 0 Å². The first-order valence-corrected chi connectivity index (χ1v) is 6.49. The van der Waals surface area contributed by atoms with Crippen molar-refractivity contribution in [1.29, 1.82) is 0 Å². The highest BCUT2D eigenvalue weighted by atomic mass is 32.1. The van der Waals surface area contributed by atoms with Gasteiger partial charge in [0.25, 0.3) is 0 Å². The molecule has 3 nitrogen and oxygen atoms in total. The molecule has 0 aliphatic heterocycles. The van der Waals surface area contributed by atoms with Gasteiger partial charge in [0.1, 0.15) is 16.5 Å². The van der Waals surface area contributed by atoms with Crippen LogP contribution in [0.3, 0.4) is 0 Å². The third kappa shape index (κ3) is 1.91. The van der Waals surface area contributed by atoms with E-state index in [9.17, 15) is 0 Å². The molecule has 0 radical (unpaired) electrons. The molecule has 90 valence electrons. The lowest BCUT2D eigenvalue weighted by atomic mass is 10.2. The number of benzene rings is 1. The molecule has 4 heteroatoms. The molecule has 3 rings (SSSR count). The molecule has 0 aliphatic carbocycles. The number of hydrogen-bond acceptors (Lipinski definition) is 4. The lowest BCUT2D eigenvalue weighted by Crippen LogP contribution is -1.88. The number of furan rings is 1. The number of nitrogens with zero attached hydrogens (tertiary/aromatic N) is 1. The summed E-state index contributed by atoms with van der Waals surface area (Å²) in [5.41, 5.74) is 8.51. The molecule has 0 fully saturated rings. The Morgan fingerprint density at radius 1 is 1.17 bits per heavy atom. The van der Waals surface area contributed by atoms with Gasteiger partial charge in [-0.1, -0.05) is 12.1 Å². The Hall–Kier alpha value is -2.07. The third-order valence-corrected chi connectivity index (χ3v) is 3.56. The minimum absolute atomic E-state index is 0.744. The Bertz CT molecular complexity index is 684. The first kappa shape index (κ1) is 11.0. The molecule has 0 bridgehead atoms. The number of rotatable bonds is 2. The topological polar surface area (TPSA) is 52.0 Å². The molecular weight excluding hydrogens is 244 g/mol. The van der Waals surface area contributed by atoms with E-state index in [0.717, 1.165) is 33.5 Å². The Labute approximate surface area is 109 Å². The lowest BCUT2D eigenvalue weighted by molar-refractivity contribution is 0.547. The minimum Gasteiger partial charge on any atom is -0.460 e. The van der Waals surface area contributed by atoms with Crippen LogP contribution in [0.1, 0.15) is 5.76 Å². The maximum Gasteiger partial charge on any atom is 0.153 e. The van der Waals surface area contributed by atoms with Crippen LogP contribution in [0.4, 0.5) is 5.69 Å². The zero-order chi connectivity index (χ0) is 12.5. The molecular formula is C14H12N2OS. The van der Waals surface area contributed by atoms with Crippen molar-refractivity contribution >= 4 is 17.0 Å². The summed E-state index contributed by atoms with van der Waals surface area (Å²) in [6.07, 6.45) is 0. The maximum atomic E-state index is 5.95. The maximum absolute atomic E-state index is 5.95. The lowest BCUT2D eigenvalue weighted by Gasteiger charge is -1.99. The van der Waals surface area contributed by atoms with Crippen molar-refractivity contribution in [2.45, 2.75) is 6.92 Å². The standard InChI is InChI=1S/C14H12N2OS/c1-9-6-7-13(17-9)12-8-18-14(16-12)10-4-2-3-5-11(10)15/h2-8H,15H2,1H3. The van der Waals surface area contributed by atoms with Gasteiger partial charge in [-0.2, -0.15) is 0 Å². The Balaban J connectivity index is 2.02. The zero-order valence-electron chi connectivity index (χ0n) is 9.88. The third-order valence-electron chi connectivity index (χ3n) is 2.69. The summed E-state index contributed by atoms with van der Waals surface area (Å²) in [6, 6.07) is 11.6. The normalized spacial score (nSPS) is 10.7. The second-order valence-electron chi connectivity index (χ2n) is 4.04. The van der Waals surface area contributed by atoms with Crippen molar-refractivity contribution in [1.82, 2.24) is 4.98 Å². The molecule has 0 spiro atoms. The highest BCUT2D eigenvalue weighted by molar-refractivity contribution is 7.13. The van der Waals surface area contributed by atoms with Crippen LogP contribution < -0.4 is 5.73 Å². The Morgan fingerprint density at radius 3 is 2.72 bits per heavy atom. The van der Waals surface area contributed by atoms with Crippen LogP contribution in [0, 0.1) is 6.92 Å². The summed E-state index contributed by atoms with van der Waals surface area (Å²) in [6.45, 7) is 1.92. The van der Waals surface area contributed by atoms with Crippen molar-refractivity contribution in [2.75, 3.05) is 5.73 Å². The number of anilines is 1. The minimum atomic E-state index is 0.744. The van der Waals surface area contributed by atoms with Crippen molar-refractivity contribution in [3.05, 3.63) is 47.5 Å². The number of hydrogen-bond donors (Lipinski definition) is 1. The van der Waals surface area contributed by atoms with E-state index in [1.54, 1.807) is 11.3 Å². The number of aromatic nitrogens is 1. The monoisotopic (exact) mass is 256 g/mol. The molecule has 0 unspecified atom stereocenters. The summed E-state index contributed by atoms with van der Waals surface area (Å²) in [5.74, 6) is 1.68. The molecule has 3 aromatic rings. The second-order valence-corrected chi connectivity index (χ2v) is 4.89. The molecule has 0 aliphatic rings. The Morgan fingerprint density at radius 2 is 2.00 bits per heavy atom. The average molecular weight is 256 g/mol. The quantitative estimate of drug-likeness (QED) is 0.706. The van der Waals surface area contributed by atoms with E-state index in [0.29, 0.717) is 0 Å². The van der Waals surface area contributed by atoms with Gasteiger partial charge in [0.05, 0.1) is 0 Å². The first-order chi connectivity index (χ1) is 8.74. The fourth-order valence-electron chi connectivity index (χ4n) is 1.77. The van der Waals surface area contributed by atoms with Gasteiger partial charge in [-0.25, -0.2) is 4.98 Å². The summed E-state index contributed by atoms with van der Waals surface area (Å²) in [5, 5.41) is 2.90. The molecule has 2 heterocycles. The van der Waals surface area contributed by atoms with Gasteiger partial charge >= 0.3 is 0 Å². The molecule has 0 atom stereocenters. The van der Waals surface area contributed by atoms with E-state index >= 15 is 0 Å². The van der Waals surface area contributed by atoms with Gasteiger partial charge in [-0.05, 0) is 31.2 Å². The van der Waals surface area contributed by atoms with E-state index in [2.05, 4.69) is 4.98 Å². The smallest absolute Gasteiger partial charge is 0.153 e. The van der Waals surface area contributed by atoms with Crippen LogP contribution in [0.5, 0.6) is 0 Å². The summed E-state index contributed by atoms with van der Waals surface area (Å²) in [4.78, 5) is 4.57. The number of nitrogen functional groups attached to an aromatic ring is 1. The van der Waals surface area contributed by atoms with Gasteiger partial charge in [-0.15, -0.1) is 11.3 Å². The van der Waals surface area contributed by atoms with Crippen molar-refractivity contribution < 1.29 is 4.42 Å². The molecule has 2 aromatic heterocycles. The Kier molecular flexibility index (Phi) is 2.64. The van der Waals surface area contributed by atoms with Gasteiger partial charge in [0, 0.05) is 16.6 Å². The van der Waals surface area contributed by atoms with Gasteiger partial charge in [0.15, 0.2) is 5.76 Å². The predicted octanol–water partition coefficient (Wildman–Crippen LogP) is 3.96. The molecule has 0 saturated carbocycles. The van der Waals surface area contributed by atoms with Crippen molar-refractivity contribution in [2.24, 2.45) is 0 Å². The first-order valence-electron chi connectivity index (χ1n) is 5.61. The van der Waals surface area contributed by atoms with E-state index < -0.39 is 0 Å². The fourth-order valence-corrected chi connectivity index (χ4v) is 2.63. The van der Waals surface area contributed by atoms with Crippen LogP contribution in [0.25, 0.3) is 22.0 Å². The van der Waals surface area contributed by atoms with Gasteiger partial charge < -0.3 is 10.2 Å². The van der Waals surface area contributed by atoms with Crippen LogP contribution in [-0.4, -0.2) is 4.98 Å². The number of aryl methyl sites for hydroxylation is 1. The van der Waals surface area contributed by atoms with Gasteiger partial charge in [-0.3, -0.25) is 0 Å². The largest absolute Gasteiger partial charge is 0.460 e. The number of para-hydroxylation sites is 1. The van der Waals surface area contributed by atoms with Crippen LogP contribution >= 0.6 is 11.3 Å². The average Bonchev–Trinajstić information content (AvgIpc) is 2.98. The predicted molar refractivity (Wildman–Crippen MR) is 74.4 cm³/mol.